The van der Waals surface area contributed by atoms with Crippen LogP contribution in [0.3, 0.4) is 0 Å². The number of aliphatic hydroxyl groups is 1. The molecule has 1 unspecified atom stereocenters. The Morgan fingerprint density at radius 1 is 1.42 bits per heavy atom. The van der Waals surface area contributed by atoms with Crippen LogP contribution in [-0.2, 0) is 17.6 Å². The number of hydrogen-bond acceptors (Lipinski definition) is 5. The molecule has 0 aliphatic heterocycles. The van der Waals surface area contributed by atoms with Gasteiger partial charge in [0.05, 0.1) is 6.10 Å². The summed E-state index contributed by atoms with van der Waals surface area (Å²) in [6.07, 6.45) is 1.96. The Hall–Kier alpha value is -1.43. The maximum absolute atomic E-state index is 11.6. The molecular formula is C13H23N3O3. The number of rotatable bonds is 8. The molecule has 1 aromatic heterocycles. The Morgan fingerprint density at radius 3 is 2.79 bits per heavy atom. The third-order valence-electron chi connectivity index (χ3n) is 2.83. The third-order valence-corrected chi connectivity index (χ3v) is 2.83. The zero-order valence-electron chi connectivity index (χ0n) is 11.8. The summed E-state index contributed by atoms with van der Waals surface area (Å²) >= 11 is 0. The molecule has 1 amide bonds. The van der Waals surface area contributed by atoms with Gasteiger partial charge >= 0.3 is 0 Å². The Kier molecular flexibility index (Phi) is 6.49. The van der Waals surface area contributed by atoms with Crippen molar-refractivity contribution < 1.29 is 14.4 Å². The van der Waals surface area contributed by atoms with Crippen molar-refractivity contribution in [1.29, 1.82) is 0 Å². The smallest absolute Gasteiger partial charge is 0.227 e. The van der Waals surface area contributed by atoms with E-state index in [2.05, 4.69) is 15.5 Å². The molecule has 108 valence electrons. The summed E-state index contributed by atoms with van der Waals surface area (Å²) in [4.78, 5) is 15.8. The van der Waals surface area contributed by atoms with Crippen molar-refractivity contribution >= 4 is 5.91 Å². The van der Waals surface area contributed by atoms with E-state index in [1.807, 2.05) is 20.8 Å². The fourth-order valence-electron chi connectivity index (χ4n) is 1.48. The second kappa shape index (κ2) is 7.89. The highest BCUT2D eigenvalue weighted by molar-refractivity contribution is 5.76. The SMILES string of the molecule is CCCc1noc(CCC(=O)NCC(O)C(C)C)n1. The molecule has 0 fully saturated rings. The fraction of sp³-hybridized carbons (Fsp3) is 0.769. The topological polar surface area (TPSA) is 88.2 Å². The molecule has 0 radical (unpaired) electrons. The average Bonchev–Trinajstić information content (AvgIpc) is 2.81. The van der Waals surface area contributed by atoms with Crippen LogP contribution in [0, 0.1) is 5.92 Å². The summed E-state index contributed by atoms with van der Waals surface area (Å²) in [6, 6.07) is 0. The van der Waals surface area contributed by atoms with Crippen molar-refractivity contribution in [3.63, 3.8) is 0 Å². The molecule has 6 heteroatoms. The van der Waals surface area contributed by atoms with E-state index in [0.29, 0.717) is 24.6 Å². The fourth-order valence-corrected chi connectivity index (χ4v) is 1.48. The van der Waals surface area contributed by atoms with E-state index in [9.17, 15) is 9.90 Å². The van der Waals surface area contributed by atoms with Gasteiger partial charge in [0.2, 0.25) is 11.8 Å². The number of amides is 1. The minimum Gasteiger partial charge on any atom is -0.391 e. The highest BCUT2D eigenvalue weighted by Gasteiger charge is 2.12. The minimum atomic E-state index is -0.511. The number of hydrogen-bond donors (Lipinski definition) is 2. The summed E-state index contributed by atoms with van der Waals surface area (Å²) < 4.78 is 5.04. The van der Waals surface area contributed by atoms with Gasteiger partial charge in [0.1, 0.15) is 0 Å². The van der Waals surface area contributed by atoms with Crippen LogP contribution in [0.5, 0.6) is 0 Å². The molecular weight excluding hydrogens is 246 g/mol. The first-order valence-electron chi connectivity index (χ1n) is 6.79. The zero-order chi connectivity index (χ0) is 14.3. The maximum Gasteiger partial charge on any atom is 0.227 e. The monoisotopic (exact) mass is 269 g/mol. The quantitative estimate of drug-likeness (QED) is 0.737. The molecule has 0 spiro atoms. The van der Waals surface area contributed by atoms with Gasteiger partial charge in [0.25, 0.3) is 0 Å². The van der Waals surface area contributed by atoms with E-state index in [0.717, 1.165) is 12.8 Å². The van der Waals surface area contributed by atoms with E-state index in [4.69, 9.17) is 4.52 Å². The second-order valence-electron chi connectivity index (χ2n) is 4.97. The van der Waals surface area contributed by atoms with Crippen molar-refractivity contribution in [1.82, 2.24) is 15.5 Å². The van der Waals surface area contributed by atoms with Crippen molar-refractivity contribution in [2.75, 3.05) is 6.54 Å². The first-order valence-corrected chi connectivity index (χ1v) is 6.79. The van der Waals surface area contributed by atoms with Crippen LogP contribution < -0.4 is 5.32 Å². The van der Waals surface area contributed by atoms with Crippen LogP contribution in [0.4, 0.5) is 0 Å². The van der Waals surface area contributed by atoms with Crippen LogP contribution in [-0.4, -0.2) is 33.8 Å². The molecule has 19 heavy (non-hydrogen) atoms. The molecule has 0 saturated carbocycles. The molecule has 0 aliphatic rings. The summed E-state index contributed by atoms with van der Waals surface area (Å²) in [5.41, 5.74) is 0. The van der Waals surface area contributed by atoms with Crippen molar-refractivity contribution in [3.8, 4) is 0 Å². The Morgan fingerprint density at radius 2 is 2.16 bits per heavy atom. The molecule has 0 aromatic carbocycles. The first-order chi connectivity index (χ1) is 9.02. The van der Waals surface area contributed by atoms with Crippen molar-refractivity contribution in [3.05, 3.63) is 11.7 Å². The predicted molar refractivity (Wildman–Crippen MR) is 70.5 cm³/mol. The lowest BCUT2D eigenvalue weighted by Gasteiger charge is -2.14. The molecule has 6 nitrogen and oxygen atoms in total. The third kappa shape index (κ3) is 5.83. The number of nitrogens with zero attached hydrogens (tertiary/aromatic N) is 2. The molecule has 0 aliphatic carbocycles. The van der Waals surface area contributed by atoms with Gasteiger partial charge in [-0.05, 0) is 12.3 Å². The maximum atomic E-state index is 11.6. The second-order valence-corrected chi connectivity index (χ2v) is 4.97. The van der Waals surface area contributed by atoms with Crippen LogP contribution in [0.25, 0.3) is 0 Å². The number of carbonyl (C=O) groups excluding carboxylic acids is 1. The summed E-state index contributed by atoms with van der Waals surface area (Å²) in [7, 11) is 0. The van der Waals surface area contributed by atoms with E-state index in [-0.39, 0.29) is 18.4 Å². The minimum absolute atomic E-state index is 0.116. The Labute approximate surface area is 113 Å². The van der Waals surface area contributed by atoms with Crippen LogP contribution in [0.15, 0.2) is 4.52 Å². The first kappa shape index (κ1) is 15.6. The Bertz CT molecular complexity index is 390. The normalized spacial score (nSPS) is 12.7. The van der Waals surface area contributed by atoms with Crippen LogP contribution in [0.1, 0.15) is 45.3 Å². The lowest BCUT2D eigenvalue weighted by atomic mass is 10.1. The van der Waals surface area contributed by atoms with Gasteiger partial charge < -0.3 is 14.9 Å². The van der Waals surface area contributed by atoms with Crippen molar-refractivity contribution in [2.24, 2.45) is 5.92 Å². The highest BCUT2D eigenvalue weighted by Crippen LogP contribution is 2.03. The number of carbonyl (C=O) groups is 1. The van der Waals surface area contributed by atoms with Crippen LogP contribution >= 0.6 is 0 Å². The average molecular weight is 269 g/mol. The lowest BCUT2D eigenvalue weighted by Crippen LogP contribution is -2.34. The van der Waals surface area contributed by atoms with E-state index < -0.39 is 6.10 Å². The molecule has 0 saturated heterocycles. The van der Waals surface area contributed by atoms with Crippen molar-refractivity contribution in [2.45, 2.75) is 52.6 Å². The molecule has 0 bridgehead atoms. The molecule has 1 aromatic rings. The lowest BCUT2D eigenvalue weighted by molar-refractivity contribution is -0.121. The predicted octanol–water partition coefficient (Wildman–Crippen LogP) is 1.09. The van der Waals surface area contributed by atoms with Gasteiger partial charge in [0.15, 0.2) is 5.82 Å². The number of aromatic nitrogens is 2. The number of aliphatic hydroxyl groups excluding tert-OH is 1. The summed E-state index contributed by atoms with van der Waals surface area (Å²) in [5, 5.41) is 16.1. The van der Waals surface area contributed by atoms with Gasteiger partial charge in [-0.3, -0.25) is 4.79 Å². The van der Waals surface area contributed by atoms with Gasteiger partial charge in [-0.1, -0.05) is 25.9 Å². The molecule has 2 N–H and O–H groups in total. The Balaban J connectivity index is 2.25. The molecule has 1 atom stereocenters. The van der Waals surface area contributed by atoms with Gasteiger partial charge in [-0.25, -0.2) is 0 Å². The van der Waals surface area contributed by atoms with Gasteiger partial charge in [-0.2, -0.15) is 4.98 Å². The zero-order valence-corrected chi connectivity index (χ0v) is 11.8. The molecule has 1 heterocycles. The van der Waals surface area contributed by atoms with Crippen LogP contribution in [0.2, 0.25) is 0 Å². The van der Waals surface area contributed by atoms with Gasteiger partial charge in [0, 0.05) is 25.8 Å². The largest absolute Gasteiger partial charge is 0.391 e. The van der Waals surface area contributed by atoms with E-state index in [1.54, 1.807) is 0 Å². The van der Waals surface area contributed by atoms with E-state index >= 15 is 0 Å². The molecule has 1 rings (SSSR count). The van der Waals surface area contributed by atoms with Gasteiger partial charge in [-0.15, -0.1) is 0 Å². The summed E-state index contributed by atoms with van der Waals surface area (Å²) in [5.74, 6) is 1.19. The standard InChI is InChI=1S/C13H23N3O3/c1-4-5-11-15-13(19-16-11)7-6-12(18)14-8-10(17)9(2)3/h9-10,17H,4-8H2,1-3H3,(H,14,18). The highest BCUT2D eigenvalue weighted by atomic mass is 16.5. The number of aryl methyl sites for hydroxylation is 2. The van der Waals surface area contributed by atoms with E-state index in [1.165, 1.54) is 0 Å². The number of nitrogens with one attached hydrogen (secondary N) is 1. The summed E-state index contributed by atoms with van der Waals surface area (Å²) in [6.45, 7) is 6.14.